The lowest BCUT2D eigenvalue weighted by Crippen LogP contribution is -2.25. The highest BCUT2D eigenvalue weighted by atomic mass is 16.6. The molecule has 31 heavy (non-hydrogen) atoms. The average molecular weight is 421 g/mol. The van der Waals surface area contributed by atoms with Crippen molar-refractivity contribution in [1.82, 2.24) is 14.5 Å². The predicted molar refractivity (Wildman–Crippen MR) is 114 cm³/mol. The number of aromatic nitrogens is 3. The molecule has 0 radical (unpaired) electrons. The Kier molecular flexibility index (Phi) is 5.92. The van der Waals surface area contributed by atoms with Crippen LogP contribution in [0.4, 0.5) is 5.82 Å². The zero-order valence-electron chi connectivity index (χ0n) is 17.4. The molecule has 1 unspecified atom stereocenters. The van der Waals surface area contributed by atoms with Crippen molar-refractivity contribution in [2.75, 3.05) is 18.5 Å². The third-order valence-corrected chi connectivity index (χ3v) is 4.92. The Balaban J connectivity index is 1.68. The number of benzene rings is 1. The molecule has 9 nitrogen and oxygen atoms in total. The Morgan fingerprint density at radius 2 is 2.19 bits per heavy atom. The summed E-state index contributed by atoms with van der Waals surface area (Å²) < 4.78 is 12.9. The quantitative estimate of drug-likeness (QED) is 0.609. The SMILES string of the molecule is CCC(COc1ccc2c3n(c(=NC(=O)c4cccnc4)nc2c1)CCN3)OC(C)=O. The Labute approximate surface area is 178 Å². The fourth-order valence-corrected chi connectivity index (χ4v) is 3.39. The molecule has 4 rings (SSSR count). The maximum Gasteiger partial charge on any atom is 0.303 e. The third kappa shape index (κ3) is 4.55. The van der Waals surface area contributed by atoms with Crippen LogP contribution in [0.25, 0.3) is 10.9 Å². The van der Waals surface area contributed by atoms with Gasteiger partial charge in [0, 0.05) is 43.9 Å². The first-order valence-corrected chi connectivity index (χ1v) is 10.1. The molecule has 3 heterocycles. The zero-order chi connectivity index (χ0) is 21.8. The molecule has 3 aromatic rings. The molecule has 1 aliphatic heterocycles. The minimum Gasteiger partial charge on any atom is -0.490 e. The number of rotatable bonds is 6. The first-order valence-electron chi connectivity index (χ1n) is 10.1. The second-order valence-electron chi connectivity index (χ2n) is 7.13. The molecule has 0 aliphatic carbocycles. The van der Waals surface area contributed by atoms with Crippen LogP contribution in [0.2, 0.25) is 0 Å². The van der Waals surface area contributed by atoms with Crippen molar-refractivity contribution in [2.24, 2.45) is 4.99 Å². The van der Waals surface area contributed by atoms with Crippen LogP contribution >= 0.6 is 0 Å². The number of esters is 1. The summed E-state index contributed by atoms with van der Waals surface area (Å²) in [7, 11) is 0. The van der Waals surface area contributed by atoms with E-state index in [4.69, 9.17) is 9.47 Å². The maximum absolute atomic E-state index is 12.6. The van der Waals surface area contributed by atoms with Crippen LogP contribution in [0.3, 0.4) is 0 Å². The van der Waals surface area contributed by atoms with Crippen molar-refractivity contribution < 1.29 is 19.1 Å². The molecule has 0 spiro atoms. The third-order valence-electron chi connectivity index (χ3n) is 4.92. The molecule has 2 aromatic heterocycles. The topological polar surface area (TPSA) is 108 Å². The number of carbonyl (C=O) groups is 2. The van der Waals surface area contributed by atoms with Gasteiger partial charge in [0.15, 0.2) is 0 Å². The first-order chi connectivity index (χ1) is 15.0. The van der Waals surface area contributed by atoms with Gasteiger partial charge in [0.2, 0.25) is 5.62 Å². The van der Waals surface area contributed by atoms with Crippen molar-refractivity contribution in [2.45, 2.75) is 32.9 Å². The lowest BCUT2D eigenvalue weighted by Gasteiger charge is -2.16. The van der Waals surface area contributed by atoms with Gasteiger partial charge in [0.25, 0.3) is 5.91 Å². The number of hydrogen-bond acceptors (Lipinski definition) is 7. The smallest absolute Gasteiger partial charge is 0.303 e. The van der Waals surface area contributed by atoms with E-state index in [1.54, 1.807) is 24.4 Å². The van der Waals surface area contributed by atoms with Crippen LogP contribution in [0.5, 0.6) is 5.75 Å². The van der Waals surface area contributed by atoms with E-state index in [1.807, 2.05) is 23.6 Å². The van der Waals surface area contributed by atoms with Gasteiger partial charge in [0.05, 0.1) is 11.1 Å². The number of nitrogens with one attached hydrogen (secondary N) is 1. The van der Waals surface area contributed by atoms with E-state index < -0.39 is 5.91 Å². The number of carbonyl (C=O) groups excluding carboxylic acids is 2. The average Bonchev–Trinajstić information content (AvgIpc) is 3.27. The highest BCUT2D eigenvalue weighted by molar-refractivity contribution is 5.95. The molecular weight excluding hydrogens is 398 g/mol. The van der Waals surface area contributed by atoms with Crippen molar-refractivity contribution in [3.05, 3.63) is 53.9 Å². The number of ether oxygens (including phenoxy) is 2. The van der Waals surface area contributed by atoms with E-state index in [0.29, 0.717) is 35.4 Å². The van der Waals surface area contributed by atoms with Gasteiger partial charge in [-0.1, -0.05) is 6.92 Å². The summed E-state index contributed by atoms with van der Waals surface area (Å²) in [5.41, 5.74) is 1.37. The van der Waals surface area contributed by atoms with Crippen molar-refractivity contribution >= 4 is 28.6 Å². The molecule has 1 atom stereocenters. The summed E-state index contributed by atoms with van der Waals surface area (Å²) in [4.78, 5) is 36.6. The number of hydrogen-bond donors (Lipinski definition) is 1. The van der Waals surface area contributed by atoms with Crippen LogP contribution in [-0.2, 0) is 16.1 Å². The highest BCUT2D eigenvalue weighted by Crippen LogP contribution is 2.26. The molecule has 0 saturated heterocycles. The molecule has 0 fully saturated rings. The van der Waals surface area contributed by atoms with Gasteiger partial charge < -0.3 is 14.8 Å². The van der Waals surface area contributed by atoms with Gasteiger partial charge in [0.1, 0.15) is 24.3 Å². The van der Waals surface area contributed by atoms with Gasteiger partial charge in [-0.3, -0.25) is 19.1 Å². The number of anilines is 1. The van der Waals surface area contributed by atoms with E-state index in [2.05, 4.69) is 20.3 Å². The Morgan fingerprint density at radius 1 is 1.32 bits per heavy atom. The molecule has 160 valence electrons. The molecule has 1 amide bonds. The van der Waals surface area contributed by atoms with Gasteiger partial charge in [-0.15, -0.1) is 0 Å². The molecule has 1 aromatic carbocycles. The molecule has 1 N–H and O–H groups in total. The molecule has 1 aliphatic rings. The Hall–Kier alpha value is -3.75. The van der Waals surface area contributed by atoms with Crippen LogP contribution in [0, 0.1) is 0 Å². The van der Waals surface area contributed by atoms with Crippen LogP contribution in [-0.4, -0.2) is 45.7 Å². The number of nitrogens with zero attached hydrogens (tertiary/aromatic N) is 4. The van der Waals surface area contributed by atoms with Crippen molar-refractivity contribution in [3.8, 4) is 5.75 Å². The summed E-state index contributed by atoms with van der Waals surface area (Å²) in [6.07, 6.45) is 3.42. The normalized spacial score (nSPS) is 14.1. The predicted octanol–water partition coefficient (Wildman–Crippen LogP) is 2.32. The van der Waals surface area contributed by atoms with Crippen molar-refractivity contribution in [1.29, 1.82) is 0 Å². The molecule has 0 saturated carbocycles. The highest BCUT2D eigenvalue weighted by Gasteiger charge is 2.17. The largest absolute Gasteiger partial charge is 0.490 e. The fraction of sp³-hybridized carbons (Fsp3) is 0.318. The number of pyridine rings is 1. The van der Waals surface area contributed by atoms with Gasteiger partial charge in [-0.25, -0.2) is 4.98 Å². The second kappa shape index (κ2) is 8.95. The van der Waals surface area contributed by atoms with E-state index in [-0.39, 0.29) is 18.7 Å². The second-order valence-corrected chi connectivity index (χ2v) is 7.13. The number of amides is 1. The van der Waals surface area contributed by atoms with Crippen LogP contribution < -0.4 is 15.7 Å². The lowest BCUT2D eigenvalue weighted by atomic mass is 10.2. The van der Waals surface area contributed by atoms with E-state index in [0.717, 1.165) is 17.7 Å². The maximum atomic E-state index is 12.6. The molecule has 0 bridgehead atoms. The Bertz CT molecular complexity index is 1190. The van der Waals surface area contributed by atoms with E-state index in [9.17, 15) is 9.59 Å². The molecule has 9 heteroatoms. The monoisotopic (exact) mass is 421 g/mol. The fourth-order valence-electron chi connectivity index (χ4n) is 3.39. The van der Waals surface area contributed by atoms with Crippen LogP contribution in [0.1, 0.15) is 30.6 Å². The lowest BCUT2D eigenvalue weighted by molar-refractivity contribution is -0.147. The van der Waals surface area contributed by atoms with Gasteiger partial charge in [-0.05, 0) is 30.7 Å². The first kappa shape index (κ1) is 20.5. The van der Waals surface area contributed by atoms with Gasteiger partial charge >= 0.3 is 5.97 Å². The zero-order valence-corrected chi connectivity index (χ0v) is 17.4. The summed E-state index contributed by atoms with van der Waals surface area (Å²) in [5.74, 6) is 0.721. The van der Waals surface area contributed by atoms with Gasteiger partial charge in [-0.2, -0.15) is 4.99 Å². The minimum atomic E-state index is -0.402. The summed E-state index contributed by atoms with van der Waals surface area (Å²) in [6, 6.07) is 8.93. The number of fused-ring (bicyclic) bond motifs is 3. The summed E-state index contributed by atoms with van der Waals surface area (Å²) in [6.45, 7) is 4.94. The Morgan fingerprint density at radius 3 is 2.94 bits per heavy atom. The molecular formula is C22H23N5O4. The summed E-state index contributed by atoms with van der Waals surface area (Å²) in [5, 5.41) is 4.25. The summed E-state index contributed by atoms with van der Waals surface area (Å²) >= 11 is 0. The van der Waals surface area contributed by atoms with E-state index >= 15 is 0 Å². The standard InChI is InChI=1S/C22H23N5O4/c1-3-16(31-14(2)28)13-30-17-6-7-18-19(11-17)25-22(27-10-9-24-20(18)27)26-21(29)15-5-4-8-23-12-15/h4-8,11-12,16,24H,3,9-10,13H2,1-2H3. The van der Waals surface area contributed by atoms with Crippen molar-refractivity contribution in [3.63, 3.8) is 0 Å². The minimum absolute atomic E-state index is 0.246. The van der Waals surface area contributed by atoms with E-state index in [1.165, 1.54) is 13.1 Å². The van der Waals surface area contributed by atoms with Crippen LogP contribution in [0.15, 0.2) is 47.7 Å².